The van der Waals surface area contributed by atoms with Gasteiger partial charge >= 0.3 is 0 Å². The zero-order chi connectivity index (χ0) is 20.1. The third kappa shape index (κ3) is 3.30. The fraction of sp³-hybridized carbons (Fsp3) is 0.692. The maximum atomic E-state index is 5.98. The fourth-order valence-electron chi connectivity index (χ4n) is 7.96. The topological polar surface area (TPSA) is 24.7 Å². The minimum Gasteiger partial charge on any atom is -0.160 e. The quantitative estimate of drug-likeness (QED) is 0.355. The van der Waals surface area contributed by atoms with Gasteiger partial charge in [-0.2, -0.15) is 10.2 Å². The first-order valence-corrected chi connectivity index (χ1v) is 12.2. The Bertz CT molecular complexity index is 813. The largest absolute Gasteiger partial charge is 0.160 e. The summed E-state index contributed by atoms with van der Waals surface area (Å²) in [4.78, 5) is 0. The van der Waals surface area contributed by atoms with Crippen molar-refractivity contribution in [1.29, 1.82) is 0 Å². The van der Waals surface area contributed by atoms with Crippen LogP contribution in [0.3, 0.4) is 0 Å². The van der Waals surface area contributed by atoms with Crippen LogP contribution in [0.5, 0.6) is 0 Å². The molecule has 29 heavy (non-hydrogen) atoms. The lowest BCUT2D eigenvalue weighted by atomic mass is 9.45. The minimum absolute atomic E-state index is 0.274. The zero-order valence-electron chi connectivity index (χ0n) is 18.0. The van der Waals surface area contributed by atoms with Crippen LogP contribution in [0.4, 0.5) is 0 Å². The highest BCUT2D eigenvalue weighted by Gasteiger charge is 2.58. The van der Waals surface area contributed by atoms with E-state index in [1.54, 1.807) is 0 Å². The summed E-state index contributed by atoms with van der Waals surface area (Å²) in [5, 5.41) is 10.0. The molecule has 5 rings (SSSR count). The van der Waals surface area contributed by atoms with Crippen molar-refractivity contribution in [3.63, 3.8) is 0 Å². The van der Waals surface area contributed by atoms with Gasteiger partial charge < -0.3 is 0 Å². The Labute approximate surface area is 181 Å². The zero-order valence-corrected chi connectivity index (χ0v) is 18.8. The number of halogens is 1. The van der Waals surface area contributed by atoms with Gasteiger partial charge in [-0.25, -0.2) is 0 Å². The van der Waals surface area contributed by atoms with Crippen LogP contribution in [0.25, 0.3) is 0 Å². The van der Waals surface area contributed by atoms with Gasteiger partial charge in [-0.05, 0) is 98.1 Å². The molecule has 1 aromatic rings. The Hall–Kier alpha value is -1.15. The van der Waals surface area contributed by atoms with Crippen molar-refractivity contribution in [2.75, 3.05) is 0 Å². The van der Waals surface area contributed by atoms with Crippen molar-refractivity contribution in [1.82, 2.24) is 0 Å². The minimum atomic E-state index is 0.274. The number of hydrogen-bond acceptors (Lipinski definition) is 2. The molecule has 3 unspecified atom stereocenters. The molecule has 4 aliphatic rings. The summed E-state index contributed by atoms with van der Waals surface area (Å²) in [6.45, 7) is 5.17. The molecule has 4 saturated carbocycles. The van der Waals surface area contributed by atoms with Crippen LogP contribution in [-0.2, 0) is 0 Å². The molecule has 0 aliphatic heterocycles. The van der Waals surface area contributed by atoms with Gasteiger partial charge in [0.15, 0.2) is 0 Å². The molecule has 0 heterocycles. The summed E-state index contributed by atoms with van der Waals surface area (Å²) in [5.41, 5.74) is 3.32. The number of rotatable bonds is 2. The van der Waals surface area contributed by atoms with Crippen molar-refractivity contribution in [3.05, 3.63) is 34.9 Å². The van der Waals surface area contributed by atoms with Crippen LogP contribution < -0.4 is 0 Å². The average Bonchev–Trinajstić information content (AvgIpc) is 3.05. The van der Waals surface area contributed by atoms with E-state index < -0.39 is 0 Å². The lowest BCUT2D eigenvalue weighted by Gasteiger charge is -2.59. The molecular weight excluding hydrogens is 376 g/mol. The molecule has 3 heteroatoms. The van der Waals surface area contributed by atoms with E-state index in [0.717, 1.165) is 40.7 Å². The summed E-state index contributed by atoms with van der Waals surface area (Å²) in [6, 6.07) is 7.82. The molecule has 0 spiro atoms. The maximum absolute atomic E-state index is 5.98. The summed E-state index contributed by atoms with van der Waals surface area (Å²) < 4.78 is 0. The Kier molecular flexibility index (Phi) is 5.13. The van der Waals surface area contributed by atoms with Gasteiger partial charge in [-0.1, -0.05) is 50.4 Å². The second kappa shape index (κ2) is 7.52. The number of hydrogen-bond donors (Lipinski definition) is 0. The highest BCUT2D eigenvalue weighted by molar-refractivity contribution is 6.30. The predicted octanol–water partition coefficient (Wildman–Crippen LogP) is 7.55. The van der Waals surface area contributed by atoms with Crippen LogP contribution in [0.2, 0.25) is 5.02 Å². The lowest BCUT2D eigenvalue weighted by Crippen LogP contribution is -2.52. The van der Waals surface area contributed by atoms with Gasteiger partial charge in [-0.15, -0.1) is 0 Å². The van der Waals surface area contributed by atoms with Crippen LogP contribution in [0.1, 0.15) is 83.6 Å². The van der Waals surface area contributed by atoms with E-state index in [4.69, 9.17) is 16.7 Å². The summed E-state index contributed by atoms with van der Waals surface area (Å²) in [6.07, 6.45) is 15.9. The highest BCUT2D eigenvalue weighted by atomic mass is 35.5. The van der Waals surface area contributed by atoms with Crippen LogP contribution >= 0.6 is 11.6 Å². The number of benzene rings is 1. The molecule has 0 amide bonds. The second-order valence-corrected chi connectivity index (χ2v) is 11.2. The van der Waals surface area contributed by atoms with Gasteiger partial charge in [0, 0.05) is 16.1 Å². The lowest BCUT2D eigenvalue weighted by molar-refractivity contribution is -0.0936. The molecule has 0 saturated heterocycles. The molecule has 4 fully saturated rings. The second-order valence-electron chi connectivity index (χ2n) is 10.7. The summed E-state index contributed by atoms with van der Waals surface area (Å²) in [7, 11) is 0. The van der Waals surface area contributed by atoms with Crippen LogP contribution in [0, 0.1) is 34.5 Å². The number of nitrogens with zero attached hydrogens (tertiary/aromatic N) is 2. The fourth-order valence-corrected chi connectivity index (χ4v) is 8.09. The molecule has 156 valence electrons. The first kappa shape index (κ1) is 19.8. The third-order valence-electron chi connectivity index (χ3n) is 9.58. The van der Waals surface area contributed by atoms with E-state index in [0.29, 0.717) is 5.41 Å². The molecular formula is C26H35ClN2. The highest BCUT2D eigenvalue weighted by Crippen LogP contribution is 2.65. The van der Waals surface area contributed by atoms with Gasteiger partial charge in [-0.3, -0.25) is 0 Å². The first-order valence-electron chi connectivity index (χ1n) is 11.9. The van der Waals surface area contributed by atoms with Gasteiger partial charge in [0.05, 0.1) is 6.21 Å². The molecule has 1 aromatic carbocycles. The van der Waals surface area contributed by atoms with E-state index in [1.165, 1.54) is 63.5 Å². The molecule has 0 radical (unpaired) electrons. The van der Waals surface area contributed by atoms with E-state index in [-0.39, 0.29) is 5.41 Å². The van der Waals surface area contributed by atoms with E-state index in [2.05, 4.69) is 18.9 Å². The predicted molar refractivity (Wildman–Crippen MR) is 123 cm³/mol. The van der Waals surface area contributed by atoms with Crippen molar-refractivity contribution in [2.24, 2.45) is 44.7 Å². The molecule has 0 N–H and O–H groups in total. The van der Waals surface area contributed by atoms with Crippen LogP contribution in [-0.4, -0.2) is 11.9 Å². The van der Waals surface area contributed by atoms with Crippen molar-refractivity contribution in [3.8, 4) is 0 Å². The Morgan fingerprint density at radius 1 is 0.931 bits per heavy atom. The number of fused-ring (bicyclic) bond motifs is 5. The maximum Gasteiger partial charge on any atom is 0.0568 e. The molecule has 6 atom stereocenters. The first-order chi connectivity index (χ1) is 14.0. The Morgan fingerprint density at radius 3 is 2.59 bits per heavy atom. The smallest absolute Gasteiger partial charge is 0.0568 e. The standard InChI is InChI=1S/C26H35ClN2/c1-25-15-4-3-5-19(25)8-11-21-22-12-13-24(26(22,2)16-14-23(21)25)29-28-17-18-6-9-20(27)10-7-18/h6-7,9-10,17,19,21-23H,3-5,8,11-16H2,1-2H3/b28-17+,29-24+/t19-,21?,22?,23?,25+,26+/m0/s1. The van der Waals surface area contributed by atoms with Gasteiger partial charge in [0.1, 0.15) is 0 Å². The average molecular weight is 411 g/mol. The van der Waals surface area contributed by atoms with Gasteiger partial charge in [0.25, 0.3) is 0 Å². The van der Waals surface area contributed by atoms with Gasteiger partial charge in [0.2, 0.25) is 0 Å². The van der Waals surface area contributed by atoms with E-state index in [1.807, 2.05) is 30.5 Å². The summed E-state index contributed by atoms with van der Waals surface area (Å²) >= 11 is 5.98. The Morgan fingerprint density at radius 2 is 1.76 bits per heavy atom. The molecule has 0 bridgehead atoms. The van der Waals surface area contributed by atoms with Crippen molar-refractivity contribution < 1.29 is 0 Å². The molecule has 4 aliphatic carbocycles. The van der Waals surface area contributed by atoms with Crippen molar-refractivity contribution >= 4 is 23.5 Å². The van der Waals surface area contributed by atoms with E-state index >= 15 is 0 Å². The third-order valence-corrected chi connectivity index (χ3v) is 9.83. The van der Waals surface area contributed by atoms with E-state index in [9.17, 15) is 0 Å². The summed E-state index contributed by atoms with van der Waals surface area (Å²) in [5.74, 6) is 3.70. The Balaban J connectivity index is 1.35. The SMILES string of the molecule is C[C@@]12CCC3C(CC[C@@H]4CCCC[C@@]34C)C1CC/C2=N\N=C\c1ccc(Cl)cc1. The molecule has 0 aromatic heterocycles. The normalized spacial score (nSPS) is 43.2. The monoisotopic (exact) mass is 410 g/mol. The van der Waals surface area contributed by atoms with Crippen LogP contribution in [0.15, 0.2) is 34.5 Å². The molecule has 2 nitrogen and oxygen atoms in total. The van der Waals surface area contributed by atoms with Crippen molar-refractivity contribution in [2.45, 2.75) is 78.1 Å².